The maximum atomic E-state index is 13.3. The van der Waals surface area contributed by atoms with Crippen LogP contribution in [0, 0.1) is 5.82 Å². The monoisotopic (exact) mass is 440 g/mol. The number of halogens is 1. The Morgan fingerprint density at radius 2 is 2.00 bits per heavy atom. The molecule has 2 amide bonds. The van der Waals surface area contributed by atoms with Crippen LogP contribution in [0.15, 0.2) is 48.5 Å². The molecule has 160 valence electrons. The maximum absolute atomic E-state index is 13.3. The summed E-state index contributed by atoms with van der Waals surface area (Å²) in [5.41, 5.74) is 0.963. The van der Waals surface area contributed by atoms with E-state index in [2.05, 4.69) is 15.5 Å². The van der Waals surface area contributed by atoms with Gasteiger partial charge in [0.25, 0.3) is 11.8 Å². The number of carbonyl (C=O) groups is 2. The Hall–Kier alpha value is -3.33. The Morgan fingerprint density at radius 1 is 1.19 bits per heavy atom. The number of hydrogen-bond donors (Lipinski definition) is 1. The molecule has 3 aromatic rings. The summed E-state index contributed by atoms with van der Waals surface area (Å²) in [6, 6.07) is 12.7. The molecule has 1 N–H and O–H groups in total. The predicted molar refractivity (Wildman–Crippen MR) is 115 cm³/mol. The summed E-state index contributed by atoms with van der Waals surface area (Å²) in [4.78, 5) is 27.1. The third-order valence-electron chi connectivity index (χ3n) is 5.11. The molecule has 0 unspecified atom stereocenters. The van der Waals surface area contributed by atoms with Crippen LogP contribution in [-0.4, -0.2) is 47.1 Å². The lowest BCUT2D eigenvalue weighted by molar-refractivity contribution is 0.0706. The standard InChI is InChI=1S/C22H21FN4O3S/c1-30-18-9-7-14(8-10-18)22(29)27-11-3-4-15(13-27)20-25-26-21(31-20)19(28)24-17-6-2-5-16(23)12-17/h2,5-10,12,15H,3-4,11,13H2,1H3,(H,24,28)/t15-/m0/s1. The second kappa shape index (κ2) is 9.22. The number of anilines is 1. The number of ether oxygens (including phenoxy) is 1. The molecule has 1 saturated heterocycles. The number of piperidine rings is 1. The number of carbonyl (C=O) groups excluding carboxylic acids is 2. The summed E-state index contributed by atoms with van der Waals surface area (Å²) in [7, 11) is 1.58. The van der Waals surface area contributed by atoms with Gasteiger partial charge in [-0.1, -0.05) is 17.4 Å². The van der Waals surface area contributed by atoms with E-state index in [0.29, 0.717) is 30.1 Å². The number of nitrogens with one attached hydrogen (secondary N) is 1. The van der Waals surface area contributed by atoms with Crippen LogP contribution in [0.3, 0.4) is 0 Å². The molecule has 31 heavy (non-hydrogen) atoms. The zero-order valence-electron chi connectivity index (χ0n) is 16.9. The van der Waals surface area contributed by atoms with Crippen LogP contribution in [0.2, 0.25) is 0 Å². The number of methoxy groups -OCH3 is 1. The highest BCUT2D eigenvalue weighted by atomic mass is 32.1. The van der Waals surface area contributed by atoms with Crippen molar-refractivity contribution in [2.75, 3.05) is 25.5 Å². The molecule has 0 bridgehead atoms. The molecule has 0 spiro atoms. The molecule has 4 rings (SSSR count). The van der Waals surface area contributed by atoms with Gasteiger partial charge >= 0.3 is 0 Å². The minimum Gasteiger partial charge on any atom is -0.497 e. The highest BCUT2D eigenvalue weighted by molar-refractivity contribution is 7.13. The van der Waals surface area contributed by atoms with Crippen LogP contribution in [-0.2, 0) is 0 Å². The lowest BCUT2D eigenvalue weighted by Crippen LogP contribution is -2.39. The van der Waals surface area contributed by atoms with Crippen molar-refractivity contribution >= 4 is 28.8 Å². The van der Waals surface area contributed by atoms with Crippen LogP contribution in [0.1, 0.15) is 43.9 Å². The molecule has 1 aliphatic rings. The van der Waals surface area contributed by atoms with Gasteiger partial charge in [-0.25, -0.2) is 4.39 Å². The van der Waals surface area contributed by atoms with Gasteiger partial charge in [-0.15, -0.1) is 10.2 Å². The Bertz CT molecular complexity index is 1090. The molecule has 1 aromatic heterocycles. The highest BCUT2D eigenvalue weighted by Crippen LogP contribution is 2.30. The largest absolute Gasteiger partial charge is 0.497 e. The first kappa shape index (κ1) is 20.9. The van der Waals surface area contributed by atoms with Crippen molar-refractivity contribution in [3.05, 3.63) is 69.9 Å². The number of aromatic nitrogens is 2. The molecule has 7 nitrogen and oxygen atoms in total. The van der Waals surface area contributed by atoms with E-state index in [0.717, 1.165) is 17.8 Å². The zero-order chi connectivity index (χ0) is 21.8. The van der Waals surface area contributed by atoms with Crippen molar-refractivity contribution in [2.24, 2.45) is 0 Å². The van der Waals surface area contributed by atoms with E-state index < -0.39 is 11.7 Å². The second-order valence-corrected chi connectivity index (χ2v) is 8.24. The number of rotatable bonds is 5. The number of likely N-dealkylation sites (tertiary alicyclic amines) is 1. The van der Waals surface area contributed by atoms with Crippen molar-refractivity contribution < 1.29 is 18.7 Å². The molecular weight excluding hydrogens is 419 g/mol. The fourth-order valence-electron chi connectivity index (χ4n) is 3.52. The molecule has 2 aromatic carbocycles. The third-order valence-corrected chi connectivity index (χ3v) is 6.20. The normalized spacial score (nSPS) is 16.1. The lowest BCUT2D eigenvalue weighted by Gasteiger charge is -2.31. The maximum Gasteiger partial charge on any atom is 0.286 e. The van der Waals surface area contributed by atoms with Crippen molar-refractivity contribution in [3.63, 3.8) is 0 Å². The molecular formula is C22H21FN4O3S. The SMILES string of the molecule is COc1ccc(C(=O)N2CCC[C@H](c3nnc(C(=O)Nc4cccc(F)c4)s3)C2)cc1. The van der Waals surface area contributed by atoms with E-state index in [-0.39, 0.29) is 16.8 Å². The topological polar surface area (TPSA) is 84.4 Å². The molecule has 9 heteroatoms. The second-order valence-electron chi connectivity index (χ2n) is 7.23. The van der Waals surface area contributed by atoms with Crippen molar-refractivity contribution in [1.82, 2.24) is 15.1 Å². The van der Waals surface area contributed by atoms with Crippen LogP contribution >= 0.6 is 11.3 Å². The number of benzene rings is 2. The van der Waals surface area contributed by atoms with Gasteiger partial charge in [0.2, 0.25) is 5.01 Å². The number of amides is 2. The Labute approximate surface area is 182 Å². The summed E-state index contributed by atoms with van der Waals surface area (Å²) in [6.45, 7) is 1.19. The van der Waals surface area contributed by atoms with Crippen LogP contribution in [0.5, 0.6) is 5.75 Å². The van der Waals surface area contributed by atoms with Crippen molar-refractivity contribution in [2.45, 2.75) is 18.8 Å². The van der Waals surface area contributed by atoms with Gasteiger partial charge < -0.3 is 15.0 Å². The van der Waals surface area contributed by atoms with Gasteiger partial charge in [0.15, 0.2) is 0 Å². The molecule has 0 saturated carbocycles. The quantitative estimate of drug-likeness (QED) is 0.649. The Balaban J connectivity index is 1.42. The molecule has 0 radical (unpaired) electrons. The lowest BCUT2D eigenvalue weighted by atomic mass is 9.98. The highest BCUT2D eigenvalue weighted by Gasteiger charge is 2.28. The summed E-state index contributed by atoms with van der Waals surface area (Å²) >= 11 is 1.20. The molecule has 1 fully saturated rings. The predicted octanol–water partition coefficient (Wildman–Crippen LogP) is 3.96. The number of hydrogen-bond acceptors (Lipinski definition) is 6. The fourth-order valence-corrected chi connectivity index (χ4v) is 4.39. The number of nitrogens with zero attached hydrogens (tertiary/aromatic N) is 3. The van der Waals surface area contributed by atoms with Crippen LogP contribution in [0.4, 0.5) is 10.1 Å². The smallest absolute Gasteiger partial charge is 0.286 e. The van der Waals surface area contributed by atoms with Gasteiger partial charge in [0.05, 0.1) is 7.11 Å². The zero-order valence-corrected chi connectivity index (χ0v) is 17.7. The van der Waals surface area contributed by atoms with Gasteiger partial charge in [0.1, 0.15) is 16.6 Å². The van der Waals surface area contributed by atoms with Crippen molar-refractivity contribution in [3.8, 4) is 5.75 Å². The van der Waals surface area contributed by atoms with E-state index in [9.17, 15) is 14.0 Å². The first-order valence-electron chi connectivity index (χ1n) is 9.87. The fraction of sp³-hybridized carbons (Fsp3) is 0.273. The Morgan fingerprint density at radius 3 is 2.74 bits per heavy atom. The van der Waals surface area contributed by atoms with Gasteiger partial charge in [-0.05, 0) is 55.3 Å². The van der Waals surface area contributed by atoms with Gasteiger partial charge in [-0.3, -0.25) is 9.59 Å². The van der Waals surface area contributed by atoms with Crippen LogP contribution in [0.25, 0.3) is 0 Å². The summed E-state index contributed by atoms with van der Waals surface area (Å²) in [6.07, 6.45) is 1.71. The van der Waals surface area contributed by atoms with E-state index >= 15 is 0 Å². The van der Waals surface area contributed by atoms with Gasteiger partial charge in [-0.2, -0.15) is 0 Å². The average Bonchev–Trinajstić information content (AvgIpc) is 3.29. The minimum atomic E-state index is -0.434. The summed E-state index contributed by atoms with van der Waals surface area (Å²) in [5.74, 6) is -0.188. The van der Waals surface area contributed by atoms with E-state index in [1.807, 2.05) is 4.90 Å². The van der Waals surface area contributed by atoms with Crippen molar-refractivity contribution in [1.29, 1.82) is 0 Å². The molecule has 2 heterocycles. The third kappa shape index (κ3) is 4.88. The van der Waals surface area contributed by atoms with Gasteiger partial charge in [0, 0.05) is 30.3 Å². The summed E-state index contributed by atoms with van der Waals surface area (Å²) in [5, 5.41) is 11.7. The first-order chi connectivity index (χ1) is 15.0. The average molecular weight is 441 g/mol. The molecule has 0 aliphatic carbocycles. The molecule has 1 atom stereocenters. The first-order valence-corrected chi connectivity index (χ1v) is 10.7. The Kier molecular flexibility index (Phi) is 6.22. The van der Waals surface area contributed by atoms with Crippen LogP contribution < -0.4 is 10.1 Å². The summed E-state index contributed by atoms with van der Waals surface area (Å²) < 4.78 is 18.5. The van der Waals surface area contributed by atoms with E-state index in [4.69, 9.17) is 4.74 Å². The van der Waals surface area contributed by atoms with E-state index in [1.54, 1.807) is 37.4 Å². The molecule has 1 aliphatic heterocycles. The minimum absolute atomic E-state index is 0.0177. The van der Waals surface area contributed by atoms with E-state index in [1.165, 1.54) is 29.5 Å².